The van der Waals surface area contributed by atoms with Crippen molar-refractivity contribution in [3.63, 3.8) is 0 Å². The van der Waals surface area contributed by atoms with Crippen LogP contribution in [-0.2, 0) is 6.54 Å². The van der Waals surface area contributed by atoms with Gasteiger partial charge in [-0.15, -0.1) is 0 Å². The molecule has 0 bridgehead atoms. The third-order valence-electron chi connectivity index (χ3n) is 2.61. The molecule has 4 heteroatoms. The fourth-order valence-electron chi connectivity index (χ4n) is 1.50. The van der Waals surface area contributed by atoms with Crippen molar-refractivity contribution in [1.29, 1.82) is 0 Å². The van der Waals surface area contributed by atoms with Gasteiger partial charge in [0.25, 0.3) is 0 Å². The highest BCUT2D eigenvalue weighted by Gasteiger charge is 2.32. The van der Waals surface area contributed by atoms with Gasteiger partial charge in [0.15, 0.2) is 0 Å². The summed E-state index contributed by atoms with van der Waals surface area (Å²) in [5.74, 6) is 0.286. The van der Waals surface area contributed by atoms with E-state index in [2.05, 4.69) is 12.2 Å². The summed E-state index contributed by atoms with van der Waals surface area (Å²) in [6.07, 6.45) is 2.58. The highest BCUT2D eigenvalue weighted by atomic mass is 16.4. The highest BCUT2D eigenvalue weighted by Crippen LogP contribution is 2.29. The minimum atomic E-state index is -0.931. The van der Waals surface area contributed by atoms with Crippen molar-refractivity contribution in [3.05, 3.63) is 23.7 Å². The standard InChI is InChI=1S/C10H13NO3/c1-6-4-8(6)11-5-9-7(10(12)13)2-3-14-9/h2-3,6,8,11H,4-5H2,1H3,(H,12,13). The van der Waals surface area contributed by atoms with E-state index in [1.165, 1.54) is 18.8 Å². The largest absolute Gasteiger partial charge is 0.478 e. The van der Waals surface area contributed by atoms with E-state index in [-0.39, 0.29) is 5.56 Å². The number of aromatic carboxylic acids is 1. The molecule has 0 radical (unpaired) electrons. The van der Waals surface area contributed by atoms with E-state index in [4.69, 9.17) is 9.52 Å². The van der Waals surface area contributed by atoms with Crippen molar-refractivity contribution < 1.29 is 14.3 Å². The Bertz CT molecular complexity index is 345. The first kappa shape index (κ1) is 9.27. The Kier molecular flexibility index (Phi) is 2.29. The number of carboxylic acid groups (broad SMARTS) is 1. The topological polar surface area (TPSA) is 62.5 Å². The van der Waals surface area contributed by atoms with Crippen molar-refractivity contribution in [1.82, 2.24) is 5.32 Å². The zero-order valence-electron chi connectivity index (χ0n) is 7.99. The quantitative estimate of drug-likeness (QED) is 0.763. The molecular weight excluding hydrogens is 182 g/mol. The van der Waals surface area contributed by atoms with Crippen LogP contribution in [0.5, 0.6) is 0 Å². The Morgan fingerprint density at radius 3 is 3.07 bits per heavy atom. The predicted molar refractivity (Wildman–Crippen MR) is 50.1 cm³/mol. The smallest absolute Gasteiger partial charge is 0.339 e. The van der Waals surface area contributed by atoms with Crippen molar-refractivity contribution >= 4 is 5.97 Å². The Balaban J connectivity index is 1.95. The zero-order chi connectivity index (χ0) is 10.1. The van der Waals surface area contributed by atoms with E-state index in [9.17, 15) is 4.79 Å². The van der Waals surface area contributed by atoms with E-state index >= 15 is 0 Å². The van der Waals surface area contributed by atoms with Gasteiger partial charge in [-0.2, -0.15) is 0 Å². The van der Waals surface area contributed by atoms with Crippen LogP contribution < -0.4 is 5.32 Å². The lowest BCUT2D eigenvalue weighted by atomic mass is 10.2. The maximum absolute atomic E-state index is 10.7. The SMILES string of the molecule is CC1CC1NCc1occc1C(=O)O. The van der Waals surface area contributed by atoms with Gasteiger partial charge in [-0.1, -0.05) is 6.92 Å². The van der Waals surface area contributed by atoms with Gasteiger partial charge in [-0.25, -0.2) is 4.79 Å². The number of carbonyl (C=O) groups is 1. The zero-order valence-corrected chi connectivity index (χ0v) is 7.99. The molecule has 2 N–H and O–H groups in total. The summed E-state index contributed by atoms with van der Waals surface area (Å²) >= 11 is 0. The third-order valence-corrected chi connectivity index (χ3v) is 2.61. The summed E-state index contributed by atoms with van der Waals surface area (Å²) in [7, 11) is 0. The first-order valence-corrected chi connectivity index (χ1v) is 4.71. The Hall–Kier alpha value is -1.29. The van der Waals surface area contributed by atoms with E-state index in [0.717, 1.165) is 0 Å². The first-order chi connectivity index (χ1) is 6.68. The molecule has 1 aromatic heterocycles. The van der Waals surface area contributed by atoms with Crippen molar-refractivity contribution in [2.24, 2.45) is 5.92 Å². The summed E-state index contributed by atoms with van der Waals surface area (Å²) in [6.45, 7) is 2.67. The molecule has 1 saturated carbocycles. The number of furan rings is 1. The lowest BCUT2D eigenvalue weighted by Crippen LogP contribution is -2.18. The molecule has 1 heterocycles. The monoisotopic (exact) mass is 195 g/mol. The van der Waals surface area contributed by atoms with Crippen LogP contribution in [0.25, 0.3) is 0 Å². The average Bonchev–Trinajstić information content (AvgIpc) is 2.67. The average molecular weight is 195 g/mol. The summed E-state index contributed by atoms with van der Waals surface area (Å²) in [6, 6.07) is 2.01. The molecule has 1 fully saturated rings. The van der Waals surface area contributed by atoms with Crippen LogP contribution in [-0.4, -0.2) is 17.1 Å². The van der Waals surface area contributed by atoms with E-state index in [1.54, 1.807) is 0 Å². The molecule has 2 atom stereocenters. The molecule has 0 spiro atoms. The van der Waals surface area contributed by atoms with Gasteiger partial charge < -0.3 is 14.8 Å². The molecule has 1 aliphatic rings. The van der Waals surface area contributed by atoms with Crippen LogP contribution in [0.3, 0.4) is 0 Å². The fourth-order valence-corrected chi connectivity index (χ4v) is 1.50. The first-order valence-electron chi connectivity index (χ1n) is 4.71. The second kappa shape index (κ2) is 3.46. The van der Waals surface area contributed by atoms with Crippen LogP contribution in [0, 0.1) is 5.92 Å². The highest BCUT2D eigenvalue weighted by molar-refractivity contribution is 5.88. The molecule has 0 aliphatic heterocycles. The van der Waals surface area contributed by atoms with Crippen LogP contribution >= 0.6 is 0 Å². The lowest BCUT2D eigenvalue weighted by Gasteiger charge is -2.00. The van der Waals surface area contributed by atoms with E-state index in [1.807, 2.05) is 0 Å². The molecule has 1 aliphatic carbocycles. The maximum atomic E-state index is 10.7. The normalized spacial score (nSPS) is 24.9. The lowest BCUT2D eigenvalue weighted by molar-refractivity contribution is 0.0694. The molecule has 2 rings (SSSR count). The molecule has 0 saturated heterocycles. The number of hydrogen-bond donors (Lipinski definition) is 2. The number of rotatable bonds is 4. The second-order valence-corrected chi connectivity index (χ2v) is 3.76. The van der Waals surface area contributed by atoms with Gasteiger partial charge in [0, 0.05) is 6.04 Å². The molecule has 14 heavy (non-hydrogen) atoms. The van der Waals surface area contributed by atoms with Gasteiger partial charge in [-0.3, -0.25) is 0 Å². The summed E-state index contributed by atoms with van der Waals surface area (Å²) in [5.41, 5.74) is 0.255. The van der Waals surface area contributed by atoms with Crippen molar-refractivity contribution in [2.75, 3.05) is 0 Å². The number of carboxylic acids is 1. The summed E-state index contributed by atoms with van der Waals surface area (Å²) in [5, 5.41) is 12.0. The van der Waals surface area contributed by atoms with Gasteiger partial charge in [0.1, 0.15) is 11.3 Å². The molecule has 2 unspecified atom stereocenters. The molecule has 0 amide bonds. The fraction of sp³-hybridized carbons (Fsp3) is 0.500. The van der Waals surface area contributed by atoms with Gasteiger partial charge in [0.05, 0.1) is 12.8 Å². The van der Waals surface area contributed by atoms with Crippen LogP contribution in [0.4, 0.5) is 0 Å². The van der Waals surface area contributed by atoms with Crippen LogP contribution in [0.1, 0.15) is 29.5 Å². The Labute approximate surface area is 81.9 Å². The van der Waals surface area contributed by atoms with Gasteiger partial charge in [0.2, 0.25) is 0 Å². The van der Waals surface area contributed by atoms with Crippen molar-refractivity contribution in [3.8, 4) is 0 Å². The molecule has 4 nitrogen and oxygen atoms in total. The summed E-state index contributed by atoms with van der Waals surface area (Å²) < 4.78 is 5.10. The van der Waals surface area contributed by atoms with Crippen LogP contribution in [0.2, 0.25) is 0 Å². The maximum Gasteiger partial charge on any atom is 0.339 e. The van der Waals surface area contributed by atoms with Crippen molar-refractivity contribution in [2.45, 2.75) is 25.9 Å². The van der Waals surface area contributed by atoms with E-state index < -0.39 is 5.97 Å². The Morgan fingerprint density at radius 1 is 1.79 bits per heavy atom. The van der Waals surface area contributed by atoms with Crippen LogP contribution in [0.15, 0.2) is 16.7 Å². The molecular formula is C10H13NO3. The van der Waals surface area contributed by atoms with Gasteiger partial charge >= 0.3 is 5.97 Å². The number of nitrogens with one attached hydrogen (secondary N) is 1. The third kappa shape index (κ3) is 1.80. The van der Waals surface area contributed by atoms with Gasteiger partial charge in [-0.05, 0) is 18.4 Å². The summed E-state index contributed by atoms with van der Waals surface area (Å²) in [4.78, 5) is 10.7. The molecule has 0 aromatic carbocycles. The minimum absolute atomic E-state index is 0.255. The molecule has 1 aromatic rings. The number of hydrogen-bond acceptors (Lipinski definition) is 3. The Morgan fingerprint density at radius 2 is 2.50 bits per heavy atom. The van der Waals surface area contributed by atoms with E-state index in [0.29, 0.717) is 24.3 Å². The predicted octanol–water partition coefficient (Wildman–Crippen LogP) is 1.48. The second-order valence-electron chi connectivity index (χ2n) is 3.76. The minimum Gasteiger partial charge on any atom is -0.478 e. The molecule has 76 valence electrons.